The van der Waals surface area contributed by atoms with Crippen LogP contribution in [0.3, 0.4) is 0 Å². The predicted octanol–water partition coefficient (Wildman–Crippen LogP) is 23.4. The molecule has 0 aromatic carbocycles. The zero-order valence-electron chi connectivity index (χ0n) is 52.6. The molecule has 0 aliphatic carbocycles. The second-order valence-electron chi connectivity index (χ2n) is 22.3. The van der Waals surface area contributed by atoms with Gasteiger partial charge in [-0.2, -0.15) is 0 Å². The summed E-state index contributed by atoms with van der Waals surface area (Å²) in [7, 11) is 0. The third-order valence-corrected chi connectivity index (χ3v) is 14.5. The summed E-state index contributed by atoms with van der Waals surface area (Å²) in [6.45, 7) is 6.42. The number of rotatable bonds is 61. The fourth-order valence-electron chi connectivity index (χ4n) is 9.52. The number of hydrogen-bond acceptors (Lipinski definition) is 6. The number of unbranched alkanes of at least 4 members (excludes halogenated alkanes) is 32. The molecule has 0 spiro atoms. The first-order valence-corrected chi connectivity index (χ1v) is 33.9. The fraction of sp³-hybridized carbons (Fsp3) is 0.716. The number of esters is 3. The summed E-state index contributed by atoms with van der Waals surface area (Å²) in [6.07, 6.45) is 92.5. The van der Waals surface area contributed by atoms with Crippen LogP contribution in [0.15, 0.2) is 109 Å². The standard InChI is InChI=1S/C74H126O6/c1-4-7-10-13-16-19-22-25-28-31-33-35-36-37-39-40-43-46-49-52-55-58-61-64-67-73(76)79-70-71(69-78-72(75)66-63-60-57-54-51-48-45-42-30-27-24-21-18-15-12-9-6-3)80-74(77)68-65-62-59-56-53-50-47-44-41-38-34-32-29-26-23-20-17-14-11-8-5-2/h8-9,11-12,17-18,20-21,26-27,29-30,34,38,44-45,47-48,71H,4-7,10,13-16,19,22-25,28,31-33,35-37,39-43,46,49-70H2,1-3H3/b11-8-,12-9-,20-17-,21-18-,29-26-,30-27-,38-34-,47-44-,48-45-. The number of carbonyl (C=O) groups is 3. The molecule has 1 unspecified atom stereocenters. The van der Waals surface area contributed by atoms with Crippen molar-refractivity contribution >= 4 is 17.9 Å². The summed E-state index contributed by atoms with van der Waals surface area (Å²) in [5.74, 6) is -0.925. The van der Waals surface area contributed by atoms with Crippen LogP contribution in [0.25, 0.3) is 0 Å². The first-order chi connectivity index (χ1) is 39.5. The van der Waals surface area contributed by atoms with Gasteiger partial charge < -0.3 is 14.2 Å². The number of ether oxygens (including phenoxy) is 3. The normalized spacial score (nSPS) is 12.8. The van der Waals surface area contributed by atoms with Gasteiger partial charge in [0.25, 0.3) is 0 Å². The summed E-state index contributed by atoms with van der Waals surface area (Å²) in [5.41, 5.74) is 0. The molecule has 0 fully saturated rings. The first kappa shape index (κ1) is 76.1. The van der Waals surface area contributed by atoms with E-state index in [0.717, 1.165) is 148 Å². The lowest BCUT2D eigenvalue weighted by molar-refractivity contribution is -0.167. The highest BCUT2D eigenvalue weighted by atomic mass is 16.6. The summed E-state index contributed by atoms with van der Waals surface area (Å²) >= 11 is 0. The van der Waals surface area contributed by atoms with Gasteiger partial charge in [0, 0.05) is 19.3 Å². The van der Waals surface area contributed by atoms with Gasteiger partial charge in [0.2, 0.25) is 0 Å². The van der Waals surface area contributed by atoms with Crippen LogP contribution in [-0.2, 0) is 28.6 Å². The molecule has 458 valence electrons. The van der Waals surface area contributed by atoms with Crippen molar-refractivity contribution in [1.82, 2.24) is 0 Å². The Morgan fingerprint density at radius 1 is 0.263 bits per heavy atom. The average Bonchev–Trinajstić information content (AvgIpc) is 3.46. The monoisotopic (exact) mass is 1110 g/mol. The molecule has 0 bridgehead atoms. The van der Waals surface area contributed by atoms with Gasteiger partial charge in [-0.15, -0.1) is 0 Å². The van der Waals surface area contributed by atoms with Crippen molar-refractivity contribution in [2.75, 3.05) is 13.2 Å². The Morgan fingerprint density at radius 2 is 0.487 bits per heavy atom. The Balaban J connectivity index is 4.40. The number of carbonyl (C=O) groups excluding carboxylic acids is 3. The van der Waals surface area contributed by atoms with E-state index in [1.165, 1.54) is 135 Å². The van der Waals surface area contributed by atoms with E-state index in [1.807, 2.05) is 0 Å². The van der Waals surface area contributed by atoms with Crippen molar-refractivity contribution in [3.8, 4) is 0 Å². The smallest absolute Gasteiger partial charge is 0.306 e. The van der Waals surface area contributed by atoms with E-state index in [2.05, 4.69) is 130 Å². The molecule has 0 aliphatic rings. The van der Waals surface area contributed by atoms with E-state index in [0.29, 0.717) is 19.3 Å². The van der Waals surface area contributed by atoms with Gasteiger partial charge in [0.1, 0.15) is 13.2 Å². The van der Waals surface area contributed by atoms with Crippen LogP contribution in [0, 0.1) is 0 Å². The Labute approximate surface area is 495 Å². The maximum Gasteiger partial charge on any atom is 0.306 e. The van der Waals surface area contributed by atoms with E-state index in [-0.39, 0.29) is 31.1 Å². The Morgan fingerprint density at radius 3 is 0.762 bits per heavy atom. The van der Waals surface area contributed by atoms with Gasteiger partial charge in [-0.05, 0) is 103 Å². The Bertz CT molecular complexity index is 1610. The van der Waals surface area contributed by atoms with Crippen LogP contribution in [0.4, 0.5) is 0 Å². The SMILES string of the molecule is CC/C=C\C/C=C\C/C=C\C/C=C\C/C=C\CCCCCCCC(=O)OC(COC(=O)CCCCCC/C=C\C/C=C\C/C=C\C/C=C\CC)COC(=O)CCCCCCCCCCCCCCCCCCCCCCCCCC. The molecular weight excluding hydrogens is 985 g/mol. The lowest BCUT2D eigenvalue weighted by Gasteiger charge is -2.18. The zero-order chi connectivity index (χ0) is 57.8. The molecule has 0 saturated heterocycles. The number of allylic oxidation sites excluding steroid dienone is 18. The molecule has 0 saturated carbocycles. The molecule has 6 nitrogen and oxygen atoms in total. The molecular formula is C74H126O6. The third kappa shape index (κ3) is 64.9. The molecule has 0 heterocycles. The Kier molecular flexibility index (Phi) is 64.3. The quantitative estimate of drug-likeness (QED) is 0.0261. The minimum atomic E-state index is -0.802. The second kappa shape index (κ2) is 67.6. The highest BCUT2D eigenvalue weighted by molar-refractivity contribution is 5.71. The lowest BCUT2D eigenvalue weighted by atomic mass is 10.0. The second-order valence-corrected chi connectivity index (χ2v) is 22.3. The highest BCUT2D eigenvalue weighted by Gasteiger charge is 2.19. The lowest BCUT2D eigenvalue weighted by Crippen LogP contribution is -2.30. The maximum absolute atomic E-state index is 12.9. The molecule has 0 N–H and O–H groups in total. The number of hydrogen-bond donors (Lipinski definition) is 0. The van der Waals surface area contributed by atoms with E-state index < -0.39 is 6.10 Å². The first-order valence-electron chi connectivity index (χ1n) is 33.9. The highest BCUT2D eigenvalue weighted by Crippen LogP contribution is 2.17. The zero-order valence-corrected chi connectivity index (χ0v) is 52.6. The van der Waals surface area contributed by atoms with Crippen LogP contribution in [0.1, 0.15) is 323 Å². The molecule has 80 heavy (non-hydrogen) atoms. The minimum absolute atomic E-state index is 0.0929. The molecule has 0 aromatic heterocycles. The van der Waals surface area contributed by atoms with Gasteiger partial charge in [-0.25, -0.2) is 0 Å². The van der Waals surface area contributed by atoms with Crippen LogP contribution >= 0.6 is 0 Å². The fourth-order valence-corrected chi connectivity index (χ4v) is 9.52. The minimum Gasteiger partial charge on any atom is -0.462 e. The molecule has 0 aromatic rings. The molecule has 6 heteroatoms. The van der Waals surface area contributed by atoms with Crippen molar-refractivity contribution in [3.05, 3.63) is 109 Å². The van der Waals surface area contributed by atoms with Crippen molar-refractivity contribution < 1.29 is 28.6 Å². The van der Waals surface area contributed by atoms with Gasteiger partial charge in [0.15, 0.2) is 6.10 Å². The van der Waals surface area contributed by atoms with E-state index >= 15 is 0 Å². The summed E-state index contributed by atoms with van der Waals surface area (Å²) in [4.78, 5) is 38.4. The maximum atomic E-state index is 12.9. The van der Waals surface area contributed by atoms with Crippen LogP contribution in [0.5, 0.6) is 0 Å². The largest absolute Gasteiger partial charge is 0.462 e. The molecule has 0 rings (SSSR count). The van der Waals surface area contributed by atoms with Crippen LogP contribution in [0.2, 0.25) is 0 Å². The summed E-state index contributed by atoms with van der Waals surface area (Å²) < 4.78 is 16.9. The van der Waals surface area contributed by atoms with Crippen molar-refractivity contribution in [2.24, 2.45) is 0 Å². The van der Waals surface area contributed by atoms with Gasteiger partial charge >= 0.3 is 17.9 Å². The van der Waals surface area contributed by atoms with Gasteiger partial charge in [-0.3, -0.25) is 14.4 Å². The van der Waals surface area contributed by atoms with Crippen molar-refractivity contribution in [3.63, 3.8) is 0 Å². The Hall–Kier alpha value is -3.93. The average molecular weight is 1110 g/mol. The molecule has 0 amide bonds. The van der Waals surface area contributed by atoms with Crippen molar-refractivity contribution in [2.45, 2.75) is 329 Å². The molecule has 0 radical (unpaired) electrons. The molecule has 0 aliphatic heterocycles. The summed E-state index contributed by atoms with van der Waals surface area (Å²) in [5, 5.41) is 0. The van der Waals surface area contributed by atoms with E-state index in [4.69, 9.17) is 14.2 Å². The van der Waals surface area contributed by atoms with E-state index in [1.54, 1.807) is 0 Å². The van der Waals surface area contributed by atoms with Crippen LogP contribution < -0.4 is 0 Å². The summed E-state index contributed by atoms with van der Waals surface area (Å²) in [6, 6.07) is 0. The van der Waals surface area contributed by atoms with Gasteiger partial charge in [-0.1, -0.05) is 310 Å². The topological polar surface area (TPSA) is 78.9 Å². The van der Waals surface area contributed by atoms with Gasteiger partial charge in [0.05, 0.1) is 0 Å². The van der Waals surface area contributed by atoms with E-state index in [9.17, 15) is 14.4 Å². The predicted molar refractivity (Wildman–Crippen MR) is 348 cm³/mol. The molecule has 1 atom stereocenters. The third-order valence-electron chi connectivity index (χ3n) is 14.5. The van der Waals surface area contributed by atoms with Crippen LogP contribution in [-0.4, -0.2) is 37.2 Å². The van der Waals surface area contributed by atoms with Crippen molar-refractivity contribution in [1.29, 1.82) is 0 Å².